The van der Waals surface area contributed by atoms with Crippen molar-refractivity contribution in [1.29, 1.82) is 5.41 Å². The second-order valence-electron chi connectivity index (χ2n) is 9.80. The molecule has 1 saturated heterocycles. The molecule has 3 rings (SSSR count). The van der Waals surface area contributed by atoms with Gasteiger partial charge in [0, 0.05) is 29.7 Å². The first kappa shape index (κ1) is 31.6. The summed E-state index contributed by atoms with van der Waals surface area (Å²) in [7, 11) is -4.02. The maximum atomic E-state index is 13.4. The number of guanidine groups is 1. The lowest BCUT2D eigenvalue weighted by Crippen LogP contribution is -2.56. The quantitative estimate of drug-likeness (QED) is 0.160. The van der Waals surface area contributed by atoms with Crippen LogP contribution < -0.4 is 21.7 Å². The van der Waals surface area contributed by atoms with Crippen molar-refractivity contribution in [3.8, 4) is 0 Å². The number of carboxylic acids is 1. The summed E-state index contributed by atoms with van der Waals surface area (Å²) in [5, 5.41) is 24.0. The first-order chi connectivity index (χ1) is 19.2. The van der Waals surface area contributed by atoms with Gasteiger partial charge in [0.2, 0.25) is 27.7 Å². The summed E-state index contributed by atoms with van der Waals surface area (Å²) in [5.74, 6) is -3.49. The fraction of sp³-hybridized carbons (Fsp3) is 0.346. The standard InChI is InChI=1S/C26H32N6O7S2/c1-26(2)22(32(15-40-26)41(38,39)18-6-4-3-5-7-18)23(35)30-19(24(36)37)14-16-8-10-17(11-9-16)29-20(33)12-13-21(34)31-25(27)28/h3-11,19,22H,12-15H2,1-2H3,(H,29,33)(H,30,35)(H,36,37)(H4,27,28,31,34)/t19-,22+/m0/s1. The minimum atomic E-state index is -4.02. The Hall–Kier alpha value is -3.95. The van der Waals surface area contributed by atoms with E-state index in [-0.39, 0.29) is 30.0 Å². The van der Waals surface area contributed by atoms with Gasteiger partial charge in [-0.05, 0) is 43.7 Å². The Bertz CT molecular complexity index is 1420. The van der Waals surface area contributed by atoms with Crippen LogP contribution in [0.25, 0.3) is 0 Å². The summed E-state index contributed by atoms with van der Waals surface area (Å²) in [6.45, 7) is 3.47. The average Bonchev–Trinajstić information content (AvgIpc) is 3.24. The molecule has 220 valence electrons. The highest BCUT2D eigenvalue weighted by Crippen LogP contribution is 2.42. The van der Waals surface area contributed by atoms with Crippen molar-refractivity contribution < 1.29 is 32.7 Å². The van der Waals surface area contributed by atoms with Gasteiger partial charge in [-0.1, -0.05) is 30.3 Å². The molecule has 0 spiro atoms. The molecule has 0 saturated carbocycles. The molecule has 2 aromatic carbocycles. The number of hydrogen-bond donors (Lipinski definition) is 6. The topological polar surface area (TPSA) is 212 Å². The van der Waals surface area contributed by atoms with Crippen molar-refractivity contribution in [2.45, 2.75) is 54.8 Å². The molecule has 0 bridgehead atoms. The largest absolute Gasteiger partial charge is 0.480 e. The van der Waals surface area contributed by atoms with Crippen LogP contribution in [0.2, 0.25) is 0 Å². The summed E-state index contributed by atoms with van der Waals surface area (Å²) in [6.07, 6.45) is -0.392. The highest BCUT2D eigenvalue weighted by molar-refractivity contribution is 8.02. The van der Waals surface area contributed by atoms with Gasteiger partial charge in [0.1, 0.15) is 12.1 Å². The van der Waals surface area contributed by atoms with Gasteiger partial charge in [0.15, 0.2) is 5.96 Å². The van der Waals surface area contributed by atoms with Gasteiger partial charge < -0.3 is 21.5 Å². The maximum Gasteiger partial charge on any atom is 0.326 e. The van der Waals surface area contributed by atoms with Gasteiger partial charge >= 0.3 is 5.97 Å². The number of rotatable bonds is 11. The Morgan fingerprint density at radius 3 is 2.27 bits per heavy atom. The molecular weight excluding hydrogens is 572 g/mol. The molecule has 1 heterocycles. The molecule has 0 aromatic heterocycles. The second-order valence-corrected chi connectivity index (χ2v) is 13.3. The third kappa shape index (κ3) is 8.28. The molecule has 0 aliphatic carbocycles. The van der Waals surface area contributed by atoms with E-state index in [0.29, 0.717) is 11.3 Å². The molecule has 13 nitrogen and oxygen atoms in total. The number of carbonyl (C=O) groups excluding carboxylic acids is 3. The second kappa shape index (κ2) is 13.1. The van der Waals surface area contributed by atoms with Crippen LogP contribution in [-0.2, 0) is 35.6 Å². The zero-order valence-corrected chi connectivity index (χ0v) is 24.1. The fourth-order valence-electron chi connectivity index (χ4n) is 4.19. The molecule has 41 heavy (non-hydrogen) atoms. The summed E-state index contributed by atoms with van der Waals surface area (Å²) in [4.78, 5) is 49.1. The Labute approximate surface area is 241 Å². The van der Waals surface area contributed by atoms with Crippen molar-refractivity contribution in [3.63, 3.8) is 0 Å². The maximum absolute atomic E-state index is 13.4. The van der Waals surface area contributed by atoms with E-state index in [4.69, 9.17) is 11.1 Å². The number of amides is 3. The summed E-state index contributed by atoms with van der Waals surface area (Å²) >= 11 is 1.29. The van der Waals surface area contributed by atoms with E-state index in [0.717, 1.165) is 4.31 Å². The predicted octanol–water partition coefficient (Wildman–Crippen LogP) is 1.07. The highest BCUT2D eigenvalue weighted by atomic mass is 32.2. The van der Waals surface area contributed by atoms with Crippen LogP contribution in [0.5, 0.6) is 0 Å². The van der Waals surface area contributed by atoms with E-state index >= 15 is 0 Å². The first-order valence-electron chi connectivity index (χ1n) is 12.5. The van der Waals surface area contributed by atoms with Gasteiger partial charge in [0.25, 0.3) is 0 Å². The molecule has 1 fully saturated rings. The number of aliphatic carboxylic acids is 1. The molecule has 2 aromatic rings. The van der Waals surface area contributed by atoms with Gasteiger partial charge in [-0.2, -0.15) is 4.31 Å². The Balaban J connectivity index is 1.66. The van der Waals surface area contributed by atoms with E-state index in [9.17, 15) is 32.7 Å². The van der Waals surface area contributed by atoms with Gasteiger partial charge in [-0.25, -0.2) is 13.2 Å². The van der Waals surface area contributed by atoms with E-state index in [1.54, 1.807) is 56.3 Å². The number of carboxylic acid groups (broad SMARTS) is 1. The third-order valence-corrected chi connectivity index (χ3v) is 9.62. The number of sulfonamides is 1. The SMILES string of the molecule is CC1(C)SCN(S(=O)(=O)c2ccccc2)[C@@H]1C(=O)N[C@@H](Cc1ccc(NC(=O)CCC(=O)NC(=N)N)cc1)C(=O)O. The average molecular weight is 605 g/mol. The molecule has 3 amide bonds. The van der Waals surface area contributed by atoms with Crippen LogP contribution in [0.3, 0.4) is 0 Å². The van der Waals surface area contributed by atoms with Crippen molar-refractivity contribution >= 4 is 57.1 Å². The lowest BCUT2D eigenvalue weighted by molar-refractivity contribution is -0.142. The predicted molar refractivity (Wildman–Crippen MR) is 153 cm³/mol. The number of anilines is 1. The summed E-state index contributed by atoms with van der Waals surface area (Å²) < 4.78 is 26.9. The fourth-order valence-corrected chi connectivity index (χ4v) is 7.38. The van der Waals surface area contributed by atoms with Gasteiger partial charge in [-0.15, -0.1) is 11.8 Å². The first-order valence-corrected chi connectivity index (χ1v) is 14.9. The molecule has 0 radical (unpaired) electrons. The number of nitrogens with two attached hydrogens (primary N) is 1. The molecule has 1 aliphatic rings. The highest BCUT2D eigenvalue weighted by Gasteiger charge is 2.51. The van der Waals surface area contributed by atoms with Crippen molar-refractivity contribution in [1.82, 2.24) is 14.9 Å². The van der Waals surface area contributed by atoms with Crippen LogP contribution in [-0.4, -0.2) is 70.2 Å². The number of hydrogen-bond acceptors (Lipinski definition) is 8. The van der Waals surface area contributed by atoms with Crippen molar-refractivity contribution in [2.75, 3.05) is 11.2 Å². The summed E-state index contributed by atoms with van der Waals surface area (Å²) in [6, 6.07) is 11.5. The Kier molecular flexibility index (Phi) is 10.1. The number of benzene rings is 2. The van der Waals surface area contributed by atoms with Crippen LogP contribution >= 0.6 is 11.8 Å². The molecule has 7 N–H and O–H groups in total. The number of nitrogens with zero attached hydrogens (tertiary/aromatic N) is 1. The molecule has 1 aliphatic heterocycles. The number of nitrogens with one attached hydrogen (secondary N) is 4. The van der Waals surface area contributed by atoms with E-state index < -0.39 is 56.5 Å². The van der Waals surface area contributed by atoms with E-state index in [1.807, 2.05) is 0 Å². The van der Waals surface area contributed by atoms with Crippen molar-refractivity contribution in [2.24, 2.45) is 5.73 Å². The number of thioether (sulfide) groups is 1. The molecular formula is C26H32N6O7S2. The van der Waals surface area contributed by atoms with Crippen LogP contribution in [0.1, 0.15) is 32.3 Å². The zero-order valence-electron chi connectivity index (χ0n) is 22.4. The zero-order chi connectivity index (χ0) is 30.4. The smallest absolute Gasteiger partial charge is 0.326 e. The van der Waals surface area contributed by atoms with Gasteiger partial charge in [0.05, 0.1) is 10.8 Å². The van der Waals surface area contributed by atoms with Crippen LogP contribution in [0, 0.1) is 5.41 Å². The lowest BCUT2D eigenvalue weighted by atomic mass is 10.0. The third-order valence-electron chi connectivity index (χ3n) is 6.25. The molecule has 2 atom stereocenters. The minimum Gasteiger partial charge on any atom is -0.480 e. The van der Waals surface area contributed by atoms with Crippen LogP contribution in [0.15, 0.2) is 59.5 Å². The number of carbonyl (C=O) groups is 4. The van der Waals surface area contributed by atoms with E-state index in [1.165, 1.54) is 23.9 Å². The molecule has 0 unspecified atom stereocenters. The molecule has 15 heteroatoms. The van der Waals surface area contributed by atoms with E-state index in [2.05, 4.69) is 16.0 Å². The monoisotopic (exact) mass is 604 g/mol. The summed E-state index contributed by atoms with van der Waals surface area (Å²) in [5.41, 5.74) is 6.03. The van der Waals surface area contributed by atoms with Crippen LogP contribution in [0.4, 0.5) is 5.69 Å². The van der Waals surface area contributed by atoms with Gasteiger partial charge in [-0.3, -0.25) is 25.1 Å². The lowest BCUT2D eigenvalue weighted by Gasteiger charge is -2.31. The van der Waals surface area contributed by atoms with Crippen molar-refractivity contribution in [3.05, 3.63) is 60.2 Å². The minimum absolute atomic E-state index is 0.0363. The normalized spacial score (nSPS) is 17.3. The Morgan fingerprint density at radius 1 is 1.07 bits per heavy atom. The Morgan fingerprint density at radius 2 is 1.68 bits per heavy atom.